The molecule has 1 nitrogen and oxygen atoms in total. The van der Waals surface area contributed by atoms with E-state index in [1.807, 2.05) is 72.8 Å². The molecule has 0 saturated heterocycles. The number of fused-ring (bicyclic) bond motifs is 6. The van der Waals surface area contributed by atoms with Gasteiger partial charge in [-0.1, -0.05) is 113 Å². The fourth-order valence-electron chi connectivity index (χ4n) is 7.75. The first-order valence-electron chi connectivity index (χ1n) is 16.4. The topological polar surface area (TPSA) is 13.1 Å². The van der Waals surface area contributed by atoms with Crippen molar-refractivity contribution in [1.82, 2.24) is 0 Å². The molecule has 0 aliphatic rings. The largest absolute Gasteiger partial charge is 0.455 e. The van der Waals surface area contributed by atoms with Gasteiger partial charge in [-0.2, -0.15) is 0 Å². The van der Waals surface area contributed by atoms with Gasteiger partial charge in [-0.25, -0.2) is 0 Å². The summed E-state index contributed by atoms with van der Waals surface area (Å²) in [5, 5.41) is 6.33. The van der Waals surface area contributed by atoms with Crippen molar-refractivity contribution in [1.29, 1.82) is 0 Å². The molecule has 216 valence electrons. The first kappa shape index (κ1) is 31.8. The third-order valence-electron chi connectivity index (χ3n) is 10.2. The predicted molar refractivity (Wildman–Crippen MR) is 226 cm³/mol. The van der Waals surface area contributed by atoms with Crippen molar-refractivity contribution in [3.05, 3.63) is 109 Å². The van der Waals surface area contributed by atoms with Crippen LogP contribution in [0.2, 0.25) is 0 Å². The summed E-state index contributed by atoms with van der Waals surface area (Å²) < 4.78 is 6.68. The molecule has 0 amide bonds. The predicted octanol–water partition coefficient (Wildman–Crippen LogP) is 2.40. The lowest BCUT2D eigenvalue weighted by atomic mass is 9.59. The van der Waals surface area contributed by atoms with Crippen LogP contribution in [0, 0.1) is 0 Å². The molecule has 9 heteroatoms. The van der Waals surface area contributed by atoms with Crippen LogP contribution >= 0.6 is 0 Å². The number of rotatable bonds is 3. The summed E-state index contributed by atoms with van der Waals surface area (Å²) in [7, 11) is 53.9. The Kier molecular flexibility index (Phi) is 7.30. The highest BCUT2D eigenvalue weighted by molar-refractivity contribution is 6.71. The second-order valence-corrected chi connectivity index (χ2v) is 13.0. The molecule has 8 aromatic carbocycles. The molecule has 0 saturated carbocycles. The minimum Gasteiger partial charge on any atom is -0.455 e. The van der Waals surface area contributed by atoms with Gasteiger partial charge in [0.1, 0.15) is 73.9 Å². The van der Waals surface area contributed by atoms with E-state index in [0.717, 1.165) is 49.4 Å². The van der Waals surface area contributed by atoms with Crippen LogP contribution < -0.4 is 43.7 Å². The van der Waals surface area contributed by atoms with Gasteiger partial charge in [-0.3, -0.25) is 0 Å². The third-order valence-corrected chi connectivity index (χ3v) is 10.2. The van der Waals surface area contributed by atoms with Crippen molar-refractivity contribution < 1.29 is 4.42 Å². The van der Waals surface area contributed by atoms with Crippen LogP contribution in [0.3, 0.4) is 0 Å². The molecule has 0 spiro atoms. The van der Waals surface area contributed by atoms with Gasteiger partial charge < -0.3 is 4.42 Å². The van der Waals surface area contributed by atoms with Gasteiger partial charge in [0, 0.05) is 16.3 Å². The normalized spacial score (nSPS) is 11.8. The SMILES string of the molecule is [B]c1c([B])c([B])c2c(-c3ccc4oc5c(-c6ccccc6)c6ccccc6cc5c4c3)c3c([B])c([B])c([B])c([B])c3c(-c3ccccc3)c2c1[B]. The number of hydrogen-bond donors (Lipinski definition) is 0. The fraction of sp³-hybridized carbons (Fsp3) is 0. The highest BCUT2D eigenvalue weighted by Crippen LogP contribution is 2.44. The first-order chi connectivity index (χ1) is 24.7. The summed E-state index contributed by atoms with van der Waals surface area (Å²) in [6.45, 7) is 0. The van der Waals surface area contributed by atoms with E-state index in [1.54, 1.807) is 0 Å². The first-order valence-corrected chi connectivity index (χ1v) is 16.4. The van der Waals surface area contributed by atoms with E-state index < -0.39 is 0 Å². The molecule has 16 radical (unpaired) electrons. The van der Waals surface area contributed by atoms with Crippen LogP contribution in [0.25, 0.3) is 87.6 Å². The quantitative estimate of drug-likeness (QED) is 0.218. The van der Waals surface area contributed by atoms with Gasteiger partial charge in [-0.05, 0) is 78.3 Å². The van der Waals surface area contributed by atoms with Crippen LogP contribution in [0.5, 0.6) is 0 Å². The Hall–Kier alpha value is -5.14. The Bertz CT molecular complexity index is 2850. The Morgan fingerprint density at radius 1 is 0.333 bits per heavy atom. The second kappa shape index (κ2) is 11.7. The zero-order valence-corrected chi connectivity index (χ0v) is 27.4. The maximum Gasteiger partial charge on any atom is 0.143 e. The second-order valence-electron chi connectivity index (χ2n) is 13.0. The molecule has 0 fully saturated rings. The minimum atomic E-state index is 0.170. The monoisotopic (exact) mass is 626 g/mol. The van der Waals surface area contributed by atoms with Gasteiger partial charge in [0.05, 0.1) is 0 Å². The highest BCUT2D eigenvalue weighted by atomic mass is 16.3. The summed E-state index contributed by atoms with van der Waals surface area (Å²) in [5.74, 6) is 0. The van der Waals surface area contributed by atoms with E-state index in [4.69, 9.17) is 67.2 Å². The zero-order chi connectivity index (χ0) is 35.3. The molecule has 0 bridgehead atoms. The molecule has 9 aromatic rings. The van der Waals surface area contributed by atoms with E-state index in [2.05, 4.69) is 36.4 Å². The Balaban J connectivity index is 1.50. The molecule has 0 aliphatic heterocycles. The van der Waals surface area contributed by atoms with Gasteiger partial charge >= 0.3 is 0 Å². The van der Waals surface area contributed by atoms with Gasteiger partial charge in [-0.15, -0.1) is 21.9 Å². The third kappa shape index (κ3) is 4.53. The molecule has 0 aliphatic carbocycles. The molecular formula is C42H18B8O. The van der Waals surface area contributed by atoms with Crippen molar-refractivity contribution >= 4 is 161 Å². The van der Waals surface area contributed by atoms with Crippen LogP contribution in [-0.2, 0) is 0 Å². The summed E-state index contributed by atoms with van der Waals surface area (Å²) >= 11 is 0. The summed E-state index contributed by atoms with van der Waals surface area (Å²) in [4.78, 5) is 0. The maximum atomic E-state index is 6.94. The highest BCUT2D eigenvalue weighted by Gasteiger charge is 2.25. The average molecular weight is 625 g/mol. The van der Waals surface area contributed by atoms with Crippen molar-refractivity contribution in [2.24, 2.45) is 0 Å². The summed E-state index contributed by atoms with van der Waals surface area (Å²) in [6.07, 6.45) is 0. The minimum absolute atomic E-state index is 0.170. The van der Waals surface area contributed by atoms with E-state index in [0.29, 0.717) is 38.3 Å². The molecule has 0 N–H and O–H groups in total. The van der Waals surface area contributed by atoms with E-state index in [-0.39, 0.29) is 43.7 Å². The van der Waals surface area contributed by atoms with Crippen LogP contribution in [0.4, 0.5) is 0 Å². The summed E-state index contributed by atoms with van der Waals surface area (Å²) in [6, 6.07) is 36.4. The molecular weight excluding hydrogens is 607 g/mol. The van der Waals surface area contributed by atoms with Crippen LogP contribution in [0.15, 0.2) is 114 Å². The standard InChI is InChI=1S/C42H18B8O/c43-34-30-28(20-11-5-2-6-12-20)31-33(37(46)41(50)39(48)35(31)44)29(32(30)36(45)40(49)38(34)47)22-15-16-26-24(18-22)25-17-21-13-7-8-14-23(21)27(42(25)51-26)19-9-3-1-4-10-19/h1-18H. The number of furan rings is 1. The molecule has 0 unspecified atom stereocenters. The lowest BCUT2D eigenvalue weighted by molar-refractivity contribution is 0.670. The van der Waals surface area contributed by atoms with Crippen molar-refractivity contribution in [2.45, 2.75) is 0 Å². The van der Waals surface area contributed by atoms with Gasteiger partial charge in [0.15, 0.2) is 0 Å². The molecule has 1 heterocycles. The van der Waals surface area contributed by atoms with Gasteiger partial charge in [0.2, 0.25) is 0 Å². The fourth-order valence-corrected chi connectivity index (χ4v) is 7.75. The lowest BCUT2D eigenvalue weighted by Crippen LogP contribution is -2.50. The average Bonchev–Trinajstić information content (AvgIpc) is 3.53. The Morgan fingerprint density at radius 2 is 0.784 bits per heavy atom. The number of hydrogen-bond acceptors (Lipinski definition) is 1. The molecule has 9 rings (SSSR count). The zero-order valence-electron chi connectivity index (χ0n) is 27.4. The van der Waals surface area contributed by atoms with Crippen LogP contribution in [-0.4, -0.2) is 62.8 Å². The van der Waals surface area contributed by atoms with Crippen molar-refractivity contribution in [3.63, 3.8) is 0 Å². The van der Waals surface area contributed by atoms with E-state index in [1.165, 1.54) is 0 Å². The van der Waals surface area contributed by atoms with Crippen LogP contribution in [0.1, 0.15) is 0 Å². The smallest absolute Gasteiger partial charge is 0.143 e. The van der Waals surface area contributed by atoms with Gasteiger partial charge in [0.25, 0.3) is 0 Å². The Morgan fingerprint density at radius 3 is 1.31 bits per heavy atom. The molecule has 51 heavy (non-hydrogen) atoms. The summed E-state index contributed by atoms with van der Waals surface area (Å²) in [5.41, 5.74) is 8.19. The van der Waals surface area contributed by atoms with E-state index in [9.17, 15) is 0 Å². The number of benzene rings is 8. The Labute approximate surface area is 306 Å². The lowest BCUT2D eigenvalue weighted by Gasteiger charge is -2.28. The van der Waals surface area contributed by atoms with Crippen molar-refractivity contribution in [3.8, 4) is 33.4 Å². The van der Waals surface area contributed by atoms with Crippen molar-refractivity contribution in [2.75, 3.05) is 0 Å². The molecule has 0 atom stereocenters. The van der Waals surface area contributed by atoms with E-state index >= 15 is 0 Å². The molecule has 1 aromatic heterocycles. The maximum absolute atomic E-state index is 6.94.